The minimum absolute atomic E-state index is 0.273. The molecule has 0 aliphatic rings. The number of halogens is 3. The molecular weight excluding hydrogens is 313 g/mol. The largest absolute Gasteiger partial charge is 0.435 e. The van der Waals surface area contributed by atoms with Crippen LogP contribution >= 0.6 is 0 Å². The number of aliphatic hydroxyl groups is 2. The predicted octanol–water partition coefficient (Wildman–Crippen LogP) is -0.246. The molecule has 0 saturated heterocycles. The zero-order valence-electron chi connectivity index (χ0n) is 11.0. The smallest absolute Gasteiger partial charge is 0.396 e. The van der Waals surface area contributed by atoms with Gasteiger partial charge in [-0.3, -0.25) is 4.79 Å². The van der Waals surface area contributed by atoms with Crippen molar-refractivity contribution in [2.45, 2.75) is 24.7 Å². The number of alkyl halides is 3. The van der Waals surface area contributed by atoms with E-state index in [2.05, 4.69) is 4.98 Å². The van der Waals surface area contributed by atoms with E-state index in [1.807, 2.05) is 5.32 Å². The SMILES string of the molecule is O=C(NCC(O)C(F)(F)F)C(CCO)n1ccnc1[N+](=O)[O-]. The van der Waals surface area contributed by atoms with E-state index < -0.39 is 48.3 Å². The zero-order chi connectivity index (χ0) is 16.9. The highest BCUT2D eigenvalue weighted by molar-refractivity contribution is 5.80. The van der Waals surface area contributed by atoms with Crippen molar-refractivity contribution in [2.24, 2.45) is 0 Å². The minimum Gasteiger partial charge on any atom is -0.396 e. The Morgan fingerprint density at radius 2 is 2.18 bits per heavy atom. The number of aliphatic hydroxyl groups excluding tert-OH is 2. The Morgan fingerprint density at radius 3 is 2.68 bits per heavy atom. The third-order valence-corrected chi connectivity index (χ3v) is 2.70. The second kappa shape index (κ2) is 7.17. The second-order valence-electron chi connectivity index (χ2n) is 4.22. The number of amides is 1. The van der Waals surface area contributed by atoms with E-state index in [0.717, 1.165) is 17.0 Å². The fourth-order valence-corrected chi connectivity index (χ4v) is 1.64. The number of imidazole rings is 1. The molecule has 0 radical (unpaired) electrons. The molecule has 0 aliphatic carbocycles. The highest BCUT2D eigenvalue weighted by atomic mass is 19.4. The Balaban J connectivity index is 2.85. The topological polar surface area (TPSA) is 131 Å². The van der Waals surface area contributed by atoms with Crippen LogP contribution < -0.4 is 5.32 Å². The lowest BCUT2D eigenvalue weighted by Gasteiger charge is -2.18. The van der Waals surface area contributed by atoms with Crippen molar-refractivity contribution < 1.29 is 33.1 Å². The van der Waals surface area contributed by atoms with Gasteiger partial charge in [0.05, 0.1) is 6.54 Å². The van der Waals surface area contributed by atoms with Crippen molar-refractivity contribution >= 4 is 11.9 Å². The maximum absolute atomic E-state index is 12.1. The van der Waals surface area contributed by atoms with Crippen LogP contribution in [0.4, 0.5) is 19.1 Å². The molecule has 0 saturated carbocycles. The van der Waals surface area contributed by atoms with Gasteiger partial charge in [-0.25, -0.2) is 4.57 Å². The predicted molar refractivity (Wildman–Crippen MR) is 64.7 cm³/mol. The summed E-state index contributed by atoms with van der Waals surface area (Å²) >= 11 is 0. The molecule has 1 amide bonds. The summed E-state index contributed by atoms with van der Waals surface area (Å²) in [6.45, 7) is -1.64. The first-order valence-electron chi connectivity index (χ1n) is 5.99. The van der Waals surface area contributed by atoms with Gasteiger partial charge in [-0.2, -0.15) is 13.2 Å². The van der Waals surface area contributed by atoms with Crippen LogP contribution in [0.5, 0.6) is 0 Å². The van der Waals surface area contributed by atoms with Gasteiger partial charge in [-0.05, 0) is 4.92 Å². The molecule has 2 unspecified atom stereocenters. The highest BCUT2D eigenvalue weighted by Crippen LogP contribution is 2.21. The van der Waals surface area contributed by atoms with Crippen molar-refractivity contribution in [3.63, 3.8) is 0 Å². The number of hydrogen-bond acceptors (Lipinski definition) is 6. The molecule has 124 valence electrons. The van der Waals surface area contributed by atoms with Crippen molar-refractivity contribution in [1.82, 2.24) is 14.9 Å². The molecule has 3 N–H and O–H groups in total. The molecule has 22 heavy (non-hydrogen) atoms. The lowest BCUT2D eigenvalue weighted by atomic mass is 10.2. The molecular formula is C10H13F3N4O5. The van der Waals surface area contributed by atoms with Crippen LogP contribution in [-0.4, -0.2) is 56.0 Å². The van der Waals surface area contributed by atoms with E-state index in [1.54, 1.807) is 0 Å². The first kappa shape index (κ1) is 17.8. The summed E-state index contributed by atoms with van der Waals surface area (Å²) in [6.07, 6.45) is -5.80. The van der Waals surface area contributed by atoms with Crippen LogP contribution in [-0.2, 0) is 4.79 Å². The lowest BCUT2D eigenvalue weighted by molar-refractivity contribution is -0.397. The van der Waals surface area contributed by atoms with E-state index in [9.17, 15) is 28.1 Å². The average Bonchev–Trinajstić information content (AvgIpc) is 2.89. The molecule has 1 heterocycles. The summed E-state index contributed by atoms with van der Waals surface area (Å²) in [5.74, 6) is -1.71. The van der Waals surface area contributed by atoms with Crippen LogP contribution in [0.2, 0.25) is 0 Å². The van der Waals surface area contributed by atoms with Crippen LogP contribution in [0, 0.1) is 10.1 Å². The first-order chi connectivity index (χ1) is 10.2. The first-order valence-corrected chi connectivity index (χ1v) is 5.99. The van der Waals surface area contributed by atoms with Crippen molar-refractivity contribution in [1.29, 1.82) is 0 Å². The van der Waals surface area contributed by atoms with Gasteiger partial charge in [-0.1, -0.05) is 4.98 Å². The van der Waals surface area contributed by atoms with Gasteiger partial charge in [0, 0.05) is 13.0 Å². The lowest BCUT2D eigenvalue weighted by Crippen LogP contribution is -2.43. The Hall–Kier alpha value is -2.21. The van der Waals surface area contributed by atoms with Crippen LogP contribution in [0.3, 0.4) is 0 Å². The molecule has 2 atom stereocenters. The summed E-state index contributed by atoms with van der Waals surface area (Å²) in [7, 11) is 0. The molecule has 0 aliphatic heterocycles. The van der Waals surface area contributed by atoms with Crippen LogP contribution in [0.25, 0.3) is 0 Å². The number of rotatable bonds is 7. The summed E-state index contributed by atoms with van der Waals surface area (Å²) in [5.41, 5.74) is 0. The molecule has 12 heteroatoms. The Kier molecular flexibility index (Phi) is 5.82. The molecule has 1 aromatic rings. The van der Waals surface area contributed by atoms with Crippen LogP contribution in [0.15, 0.2) is 12.4 Å². The molecule has 0 bridgehead atoms. The van der Waals surface area contributed by atoms with Crippen molar-refractivity contribution in [3.8, 4) is 0 Å². The van der Waals surface area contributed by atoms with E-state index >= 15 is 0 Å². The van der Waals surface area contributed by atoms with E-state index in [-0.39, 0.29) is 6.42 Å². The fraction of sp³-hybridized carbons (Fsp3) is 0.600. The van der Waals surface area contributed by atoms with Gasteiger partial charge in [0.1, 0.15) is 12.4 Å². The molecule has 1 rings (SSSR count). The average molecular weight is 326 g/mol. The number of nitro groups is 1. The van der Waals surface area contributed by atoms with Gasteiger partial charge in [0.25, 0.3) is 5.91 Å². The van der Waals surface area contributed by atoms with E-state index in [1.165, 1.54) is 0 Å². The number of carbonyl (C=O) groups is 1. The Morgan fingerprint density at radius 1 is 1.55 bits per heavy atom. The Bertz CT molecular complexity index is 533. The monoisotopic (exact) mass is 326 g/mol. The zero-order valence-corrected chi connectivity index (χ0v) is 11.0. The van der Waals surface area contributed by atoms with Gasteiger partial charge < -0.3 is 25.6 Å². The van der Waals surface area contributed by atoms with E-state index in [4.69, 9.17) is 10.2 Å². The quantitative estimate of drug-likeness (QED) is 0.468. The summed E-state index contributed by atoms with van der Waals surface area (Å²) in [5, 5.41) is 30.3. The molecule has 1 aromatic heterocycles. The van der Waals surface area contributed by atoms with Crippen molar-refractivity contribution in [3.05, 3.63) is 22.5 Å². The third-order valence-electron chi connectivity index (χ3n) is 2.70. The number of aromatic nitrogens is 2. The maximum Gasteiger partial charge on any atom is 0.435 e. The Labute approximate surface area is 121 Å². The summed E-state index contributed by atoms with van der Waals surface area (Å²) in [6, 6.07) is -1.33. The molecule has 0 spiro atoms. The summed E-state index contributed by atoms with van der Waals surface area (Å²) in [4.78, 5) is 25.2. The number of hydrogen-bond donors (Lipinski definition) is 3. The normalized spacial score (nSPS) is 14.4. The summed E-state index contributed by atoms with van der Waals surface area (Å²) < 4.78 is 37.3. The maximum atomic E-state index is 12.1. The van der Waals surface area contributed by atoms with Gasteiger partial charge in [0.15, 0.2) is 12.1 Å². The number of nitrogens with one attached hydrogen (secondary N) is 1. The van der Waals surface area contributed by atoms with E-state index in [0.29, 0.717) is 0 Å². The fourth-order valence-electron chi connectivity index (χ4n) is 1.64. The standard InChI is InChI=1S/C10H13F3N4O5/c11-10(12,13)7(19)5-15-8(20)6(1-4-18)16-3-2-14-9(16)17(21)22/h2-3,6-7,18-19H,1,4-5H2,(H,15,20). The van der Waals surface area contributed by atoms with Gasteiger partial charge >= 0.3 is 12.1 Å². The molecule has 9 nitrogen and oxygen atoms in total. The van der Waals surface area contributed by atoms with Gasteiger partial charge in [0.2, 0.25) is 0 Å². The van der Waals surface area contributed by atoms with Gasteiger partial charge in [-0.15, -0.1) is 0 Å². The minimum atomic E-state index is -4.90. The molecule has 0 fully saturated rings. The third kappa shape index (κ3) is 4.39. The molecule has 0 aromatic carbocycles. The number of carbonyl (C=O) groups excluding carboxylic acids is 1. The van der Waals surface area contributed by atoms with Crippen molar-refractivity contribution in [2.75, 3.05) is 13.2 Å². The van der Waals surface area contributed by atoms with Crippen LogP contribution in [0.1, 0.15) is 12.5 Å². The number of nitrogens with zero attached hydrogens (tertiary/aromatic N) is 3. The second-order valence-corrected chi connectivity index (χ2v) is 4.22. The highest BCUT2D eigenvalue weighted by Gasteiger charge is 2.39.